The number of nitrogens with zero attached hydrogens (tertiary/aromatic N) is 7. The van der Waals surface area contributed by atoms with Gasteiger partial charge in [0.2, 0.25) is 5.82 Å². The number of benzene rings is 2. The van der Waals surface area contributed by atoms with E-state index in [2.05, 4.69) is 80.8 Å². The molecule has 0 fully saturated rings. The van der Waals surface area contributed by atoms with E-state index in [0.29, 0.717) is 12.5 Å². The summed E-state index contributed by atoms with van der Waals surface area (Å²) in [6, 6.07) is 16.7. The second-order valence-corrected chi connectivity index (χ2v) is 9.87. The number of tetrazole rings is 1. The quantitative estimate of drug-likeness (QED) is 0.291. The third-order valence-electron chi connectivity index (χ3n) is 7.28. The van der Waals surface area contributed by atoms with Gasteiger partial charge in [0.05, 0.1) is 19.5 Å². The lowest BCUT2D eigenvalue weighted by atomic mass is 9.98. The first-order chi connectivity index (χ1) is 19.1. The Kier molecular flexibility index (Phi) is 8.19. The second kappa shape index (κ2) is 12.1. The molecule has 10 nitrogen and oxygen atoms in total. The van der Waals surface area contributed by atoms with Crippen LogP contribution in [0.5, 0.6) is 0 Å². The van der Waals surface area contributed by atoms with E-state index in [9.17, 15) is 4.79 Å². The van der Waals surface area contributed by atoms with Gasteiger partial charge in [0.25, 0.3) is 0 Å². The highest BCUT2D eigenvalue weighted by Gasteiger charge is 2.37. The number of unbranched alkanes of at least 4 members (excludes halogenated alkanes) is 2. The van der Waals surface area contributed by atoms with Crippen LogP contribution in [-0.4, -0.2) is 80.2 Å². The number of hydrogen-bond donors (Lipinski definition) is 1. The highest BCUT2D eigenvalue weighted by atomic mass is 16.5. The molecule has 2 aromatic carbocycles. The van der Waals surface area contributed by atoms with Gasteiger partial charge in [0.15, 0.2) is 5.84 Å². The maximum atomic E-state index is 12.2. The molecule has 3 aromatic rings. The minimum atomic E-state index is -0.257. The van der Waals surface area contributed by atoms with Gasteiger partial charge in [0, 0.05) is 24.9 Å². The standard InChI is InChI=1S/C29H36N8O2/c1-4-6-7-12-26-30-29-25(18-35(5-2)20-36(29)19-27(38)39-3)37(26)17-21-13-15-22(16-14-21)23-10-8-9-11-24(23)28-31-33-34-32-28/h8-11,13-16,18,26H,4-7,12,17,19-20H2,1-3H3,(H,31,32,33,34). The van der Waals surface area contributed by atoms with Crippen molar-refractivity contribution in [2.75, 3.05) is 26.9 Å². The Labute approximate surface area is 229 Å². The van der Waals surface area contributed by atoms with Crippen LogP contribution in [0.3, 0.4) is 0 Å². The number of fused-ring (bicyclic) bond motifs is 1. The number of aliphatic imine (C=N–C) groups is 1. The average Bonchev–Trinajstić information content (AvgIpc) is 3.63. The third kappa shape index (κ3) is 5.79. The Bertz CT molecular complexity index is 1320. The van der Waals surface area contributed by atoms with Crippen molar-refractivity contribution in [2.45, 2.75) is 52.2 Å². The summed E-state index contributed by atoms with van der Waals surface area (Å²) in [5.41, 5.74) is 5.35. The average molecular weight is 529 g/mol. The number of carbonyl (C=O) groups is 1. The zero-order chi connectivity index (χ0) is 27.2. The van der Waals surface area contributed by atoms with Crippen molar-refractivity contribution in [1.82, 2.24) is 35.3 Å². The zero-order valence-electron chi connectivity index (χ0n) is 22.9. The van der Waals surface area contributed by atoms with E-state index in [1.807, 2.05) is 23.1 Å². The molecular formula is C29H36N8O2. The van der Waals surface area contributed by atoms with Crippen LogP contribution in [0.2, 0.25) is 0 Å². The van der Waals surface area contributed by atoms with E-state index < -0.39 is 0 Å². The van der Waals surface area contributed by atoms with Gasteiger partial charge in [-0.25, -0.2) is 4.99 Å². The molecule has 3 heterocycles. The molecule has 2 aliphatic heterocycles. The van der Waals surface area contributed by atoms with Crippen LogP contribution in [0.15, 0.2) is 65.4 Å². The molecule has 1 atom stereocenters. The van der Waals surface area contributed by atoms with E-state index >= 15 is 0 Å². The number of esters is 1. The smallest absolute Gasteiger partial charge is 0.325 e. The van der Waals surface area contributed by atoms with Crippen LogP contribution in [0.4, 0.5) is 0 Å². The number of carbonyl (C=O) groups excluding carboxylic acids is 1. The van der Waals surface area contributed by atoms with Gasteiger partial charge in [-0.2, -0.15) is 5.21 Å². The summed E-state index contributed by atoms with van der Waals surface area (Å²) in [6.45, 7) is 6.73. The van der Waals surface area contributed by atoms with Crippen LogP contribution in [-0.2, 0) is 16.1 Å². The highest BCUT2D eigenvalue weighted by Crippen LogP contribution is 2.33. The summed E-state index contributed by atoms with van der Waals surface area (Å²) in [5, 5.41) is 14.6. The molecule has 1 aromatic heterocycles. The number of ether oxygens (including phenoxy) is 1. The zero-order valence-corrected chi connectivity index (χ0v) is 22.9. The molecule has 0 spiro atoms. The van der Waals surface area contributed by atoms with Gasteiger partial charge in [0.1, 0.15) is 12.7 Å². The van der Waals surface area contributed by atoms with Gasteiger partial charge in [-0.1, -0.05) is 68.3 Å². The number of aromatic nitrogens is 4. The predicted molar refractivity (Wildman–Crippen MR) is 150 cm³/mol. The molecule has 39 heavy (non-hydrogen) atoms. The van der Waals surface area contributed by atoms with Crippen molar-refractivity contribution in [2.24, 2.45) is 4.99 Å². The lowest BCUT2D eigenvalue weighted by molar-refractivity contribution is -0.141. The van der Waals surface area contributed by atoms with Crippen molar-refractivity contribution in [3.8, 4) is 22.5 Å². The number of amidine groups is 1. The van der Waals surface area contributed by atoms with Crippen molar-refractivity contribution in [3.05, 3.63) is 66.0 Å². The number of nitrogens with one attached hydrogen (secondary N) is 1. The maximum Gasteiger partial charge on any atom is 0.325 e. The van der Waals surface area contributed by atoms with Gasteiger partial charge in [-0.3, -0.25) is 4.79 Å². The Morgan fingerprint density at radius 2 is 1.87 bits per heavy atom. The second-order valence-electron chi connectivity index (χ2n) is 9.87. The SMILES string of the molecule is CCCCCC1N=C2C(=CN(CC)CN2CC(=O)OC)N1Cc1ccc(-c2ccccc2-c2nn[nH]n2)cc1. The van der Waals surface area contributed by atoms with Crippen LogP contribution in [0, 0.1) is 0 Å². The fourth-order valence-electron chi connectivity index (χ4n) is 5.16. The monoisotopic (exact) mass is 528 g/mol. The Balaban J connectivity index is 1.41. The minimum Gasteiger partial charge on any atom is -0.468 e. The predicted octanol–water partition coefficient (Wildman–Crippen LogP) is 4.26. The Morgan fingerprint density at radius 3 is 2.56 bits per heavy atom. The van der Waals surface area contributed by atoms with Crippen molar-refractivity contribution >= 4 is 11.8 Å². The molecule has 2 aliphatic rings. The largest absolute Gasteiger partial charge is 0.468 e. The third-order valence-corrected chi connectivity index (χ3v) is 7.28. The van der Waals surface area contributed by atoms with E-state index in [0.717, 1.165) is 60.6 Å². The maximum absolute atomic E-state index is 12.2. The summed E-state index contributed by atoms with van der Waals surface area (Å²) in [7, 11) is 1.43. The summed E-state index contributed by atoms with van der Waals surface area (Å²) in [4.78, 5) is 24.0. The van der Waals surface area contributed by atoms with E-state index in [1.54, 1.807) is 0 Å². The highest BCUT2D eigenvalue weighted by molar-refractivity contribution is 6.01. The van der Waals surface area contributed by atoms with Gasteiger partial charge < -0.3 is 19.4 Å². The Hall–Kier alpha value is -4.21. The number of aromatic amines is 1. The molecule has 0 amide bonds. The molecule has 10 heteroatoms. The minimum absolute atomic E-state index is 0.0356. The van der Waals surface area contributed by atoms with E-state index in [1.165, 1.54) is 19.1 Å². The first-order valence-corrected chi connectivity index (χ1v) is 13.7. The molecule has 1 unspecified atom stereocenters. The first kappa shape index (κ1) is 26.4. The van der Waals surface area contributed by atoms with Crippen molar-refractivity contribution < 1.29 is 9.53 Å². The first-order valence-electron chi connectivity index (χ1n) is 13.7. The van der Waals surface area contributed by atoms with Gasteiger partial charge >= 0.3 is 5.97 Å². The van der Waals surface area contributed by atoms with Crippen LogP contribution in [0.1, 0.15) is 45.1 Å². The fraction of sp³-hybridized carbons (Fsp3) is 0.414. The lowest BCUT2D eigenvalue weighted by Gasteiger charge is -2.37. The normalized spacial score (nSPS) is 16.7. The Morgan fingerprint density at radius 1 is 1.08 bits per heavy atom. The van der Waals surface area contributed by atoms with E-state index in [4.69, 9.17) is 9.73 Å². The van der Waals surface area contributed by atoms with Gasteiger partial charge in [-0.15, -0.1) is 10.2 Å². The topological polar surface area (TPSA) is 103 Å². The summed E-state index contributed by atoms with van der Waals surface area (Å²) in [5.74, 6) is 1.21. The number of H-pyrrole nitrogens is 1. The van der Waals surface area contributed by atoms with Gasteiger partial charge in [-0.05, 0) is 41.7 Å². The number of rotatable bonds is 11. The van der Waals surface area contributed by atoms with Crippen LogP contribution < -0.4 is 0 Å². The lowest BCUT2D eigenvalue weighted by Crippen LogP contribution is -2.48. The summed E-state index contributed by atoms with van der Waals surface area (Å²) < 4.78 is 4.98. The van der Waals surface area contributed by atoms with Crippen LogP contribution in [0.25, 0.3) is 22.5 Å². The van der Waals surface area contributed by atoms with Crippen molar-refractivity contribution in [1.29, 1.82) is 0 Å². The molecule has 0 aliphatic carbocycles. The molecule has 5 rings (SSSR count). The fourth-order valence-corrected chi connectivity index (χ4v) is 5.16. The molecule has 1 N–H and O–H groups in total. The van der Waals surface area contributed by atoms with Crippen LogP contribution >= 0.6 is 0 Å². The van der Waals surface area contributed by atoms with Crippen molar-refractivity contribution in [3.63, 3.8) is 0 Å². The van der Waals surface area contributed by atoms with E-state index in [-0.39, 0.29) is 18.7 Å². The number of hydrogen-bond acceptors (Lipinski definition) is 9. The molecule has 0 saturated carbocycles. The molecule has 0 bridgehead atoms. The summed E-state index contributed by atoms with van der Waals surface area (Å²) >= 11 is 0. The summed E-state index contributed by atoms with van der Waals surface area (Å²) in [6.07, 6.45) is 6.66. The molecule has 0 radical (unpaired) electrons. The molecule has 204 valence electrons. The molecular weight excluding hydrogens is 492 g/mol. The molecule has 0 saturated heterocycles. The number of methoxy groups -OCH3 is 1.